The first kappa shape index (κ1) is 16.0. The van der Waals surface area contributed by atoms with Crippen LogP contribution in [0.15, 0.2) is 42.7 Å². The van der Waals surface area contributed by atoms with Crippen LogP contribution in [0.3, 0.4) is 0 Å². The molecule has 21 heavy (non-hydrogen) atoms. The molecule has 1 aliphatic rings. The molecule has 0 bridgehead atoms. The first-order valence-electron chi connectivity index (χ1n) is 7.34. The van der Waals surface area contributed by atoms with E-state index in [1.54, 1.807) is 6.20 Å². The molecular weight excluding hydrogens is 284 g/mol. The van der Waals surface area contributed by atoms with Crippen LogP contribution in [-0.2, 0) is 6.54 Å². The topological polar surface area (TPSA) is 33.1 Å². The number of hydrogen-bond donors (Lipinski definition) is 1. The van der Waals surface area contributed by atoms with Crippen molar-refractivity contribution in [2.24, 2.45) is 0 Å². The van der Waals surface area contributed by atoms with Gasteiger partial charge in [-0.05, 0) is 50.2 Å². The second-order valence-corrected chi connectivity index (χ2v) is 5.44. The van der Waals surface area contributed by atoms with Crippen LogP contribution in [0.25, 0.3) is 5.69 Å². The lowest BCUT2D eigenvalue weighted by Crippen LogP contribution is -2.36. The highest BCUT2D eigenvalue weighted by atomic mass is 35.5. The molecular formula is C16H23ClN4. The van der Waals surface area contributed by atoms with Gasteiger partial charge in [-0.25, -0.2) is 4.68 Å². The van der Waals surface area contributed by atoms with Crippen LogP contribution in [0.2, 0.25) is 0 Å². The number of aromatic nitrogens is 2. The third kappa shape index (κ3) is 3.84. The Hall–Kier alpha value is -1.36. The minimum absolute atomic E-state index is 0. The molecule has 1 atom stereocenters. The number of likely N-dealkylation sites (N-methyl/N-ethyl adjacent to an activating group) is 1. The van der Waals surface area contributed by atoms with Crippen molar-refractivity contribution >= 4 is 12.4 Å². The molecule has 2 heterocycles. The number of likely N-dealkylation sites (tertiary alicyclic amines) is 1. The Balaban J connectivity index is 0.00000161. The molecule has 1 fully saturated rings. The summed E-state index contributed by atoms with van der Waals surface area (Å²) in [6.07, 6.45) is 6.41. The third-order valence-electron chi connectivity index (χ3n) is 4.03. The van der Waals surface area contributed by atoms with Crippen LogP contribution < -0.4 is 5.32 Å². The zero-order chi connectivity index (χ0) is 13.8. The van der Waals surface area contributed by atoms with Gasteiger partial charge in [0.15, 0.2) is 0 Å². The molecule has 1 aliphatic heterocycles. The molecule has 4 nitrogen and oxygen atoms in total. The summed E-state index contributed by atoms with van der Waals surface area (Å²) in [5.41, 5.74) is 2.50. The quantitative estimate of drug-likeness (QED) is 0.921. The van der Waals surface area contributed by atoms with E-state index in [4.69, 9.17) is 0 Å². The average molecular weight is 307 g/mol. The van der Waals surface area contributed by atoms with Gasteiger partial charge in [0, 0.05) is 31.5 Å². The van der Waals surface area contributed by atoms with Gasteiger partial charge in [0.25, 0.3) is 0 Å². The van der Waals surface area contributed by atoms with Crippen molar-refractivity contribution in [3.63, 3.8) is 0 Å². The second kappa shape index (κ2) is 7.59. The molecule has 5 heteroatoms. The summed E-state index contributed by atoms with van der Waals surface area (Å²) in [6.45, 7) is 3.35. The molecule has 1 N–H and O–H groups in total. The Morgan fingerprint density at radius 3 is 2.76 bits per heavy atom. The van der Waals surface area contributed by atoms with Crippen molar-refractivity contribution < 1.29 is 0 Å². The third-order valence-corrected chi connectivity index (χ3v) is 4.03. The van der Waals surface area contributed by atoms with E-state index < -0.39 is 0 Å². The second-order valence-electron chi connectivity index (χ2n) is 5.44. The summed E-state index contributed by atoms with van der Waals surface area (Å²) in [6, 6.07) is 11.3. The van der Waals surface area contributed by atoms with Crippen molar-refractivity contribution in [2.75, 3.05) is 20.1 Å². The van der Waals surface area contributed by atoms with E-state index in [1.165, 1.54) is 24.9 Å². The Morgan fingerprint density at radius 1 is 1.29 bits per heavy atom. The fourth-order valence-corrected chi connectivity index (χ4v) is 2.98. The molecule has 1 aromatic heterocycles. The van der Waals surface area contributed by atoms with Gasteiger partial charge in [0.05, 0.1) is 5.69 Å². The highest BCUT2D eigenvalue weighted by molar-refractivity contribution is 5.85. The first-order chi connectivity index (χ1) is 9.86. The lowest BCUT2D eigenvalue weighted by molar-refractivity contribution is 0.242. The Kier molecular flexibility index (Phi) is 5.79. The Bertz CT molecular complexity index is 524. The standard InChI is InChI=1S/C16H22N4.ClH/c1-17-12-16-4-2-10-19(16)13-14-5-7-15(8-6-14)20-11-3-9-18-20;/h3,5-9,11,16-17H,2,4,10,12-13H2,1H3;1H. The van der Waals surface area contributed by atoms with Crippen molar-refractivity contribution in [1.29, 1.82) is 0 Å². The van der Waals surface area contributed by atoms with Gasteiger partial charge in [-0.2, -0.15) is 5.10 Å². The lowest BCUT2D eigenvalue weighted by Gasteiger charge is -2.24. The molecule has 0 amide bonds. The SMILES string of the molecule is CNCC1CCCN1Cc1ccc(-n2cccn2)cc1.Cl. The molecule has 0 spiro atoms. The number of rotatable bonds is 5. The molecule has 114 valence electrons. The molecule has 0 radical (unpaired) electrons. The van der Waals surface area contributed by atoms with Crippen LogP contribution in [0.4, 0.5) is 0 Å². The van der Waals surface area contributed by atoms with E-state index in [9.17, 15) is 0 Å². The summed E-state index contributed by atoms with van der Waals surface area (Å²) in [5.74, 6) is 0. The number of benzene rings is 1. The molecule has 2 aromatic rings. The Morgan fingerprint density at radius 2 is 2.10 bits per heavy atom. The summed E-state index contributed by atoms with van der Waals surface area (Å²) in [5, 5.41) is 7.55. The van der Waals surface area contributed by atoms with E-state index in [2.05, 4.69) is 39.6 Å². The fraction of sp³-hybridized carbons (Fsp3) is 0.438. The van der Waals surface area contributed by atoms with Gasteiger partial charge < -0.3 is 5.32 Å². The van der Waals surface area contributed by atoms with Crippen molar-refractivity contribution in [1.82, 2.24) is 20.0 Å². The predicted octanol–water partition coefficient (Wildman–Crippen LogP) is 2.48. The van der Waals surface area contributed by atoms with Gasteiger partial charge in [0.1, 0.15) is 0 Å². The molecule has 3 rings (SSSR count). The van der Waals surface area contributed by atoms with Gasteiger partial charge in [0.2, 0.25) is 0 Å². The van der Waals surface area contributed by atoms with Crippen LogP contribution in [0.1, 0.15) is 18.4 Å². The van der Waals surface area contributed by atoms with Crippen molar-refractivity contribution in [3.05, 3.63) is 48.3 Å². The molecule has 0 saturated carbocycles. The monoisotopic (exact) mass is 306 g/mol. The lowest BCUT2D eigenvalue weighted by atomic mass is 10.1. The first-order valence-corrected chi connectivity index (χ1v) is 7.34. The minimum atomic E-state index is 0. The summed E-state index contributed by atoms with van der Waals surface area (Å²) in [4.78, 5) is 2.58. The van der Waals surface area contributed by atoms with Crippen LogP contribution in [-0.4, -0.2) is 40.9 Å². The van der Waals surface area contributed by atoms with E-state index in [-0.39, 0.29) is 12.4 Å². The molecule has 1 aromatic carbocycles. The van der Waals surface area contributed by atoms with E-state index in [0.29, 0.717) is 6.04 Å². The maximum Gasteiger partial charge on any atom is 0.0645 e. The Labute approximate surface area is 132 Å². The highest BCUT2D eigenvalue weighted by Crippen LogP contribution is 2.20. The van der Waals surface area contributed by atoms with Gasteiger partial charge in [-0.15, -0.1) is 12.4 Å². The number of halogens is 1. The summed E-state index contributed by atoms with van der Waals surface area (Å²) >= 11 is 0. The number of hydrogen-bond acceptors (Lipinski definition) is 3. The molecule has 1 saturated heterocycles. The smallest absolute Gasteiger partial charge is 0.0645 e. The number of nitrogens with zero attached hydrogens (tertiary/aromatic N) is 3. The maximum absolute atomic E-state index is 4.25. The minimum Gasteiger partial charge on any atom is -0.318 e. The highest BCUT2D eigenvalue weighted by Gasteiger charge is 2.23. The van der Waals surface area contributed by atoms with Crippen LogP contribution in [0.5, 0.6) is 0 Å². The number of nitrogens with one attached hydrogen (secondary N) is 1. The van der Waals surface area contributed by atoms with E-state index >= 15 is 0 Å². The average Bonchev–Trinajstić information content (AvgIpc) is 3.13. The normalized spacial score (nSPS) is 18.6. The van der Waals surface area contributed by atoms with Crippen LogP contribution >= 0.6 is 12.4 Å². The predicted molar refractivity (Wildman–Crippen MR) is 88.2 cm³/mol. The summed E-state index contributed by atoms with van der Waals surface area (Å²) < 4.78 is 1.89. The van der Waals surface area contributed by atoms with Crippen molar-refractivity contribution in [2.45, 2.75) is 25.4 Å². The summed E-state index contributed by atoms with van der Waals surface area (Å²) in [7, 11) is 2.04. The maximum atomic E-state index is 4.25. The van der Waals surface area contributed by atoms with Gasteiger partial charge in [-0.3, -0.25) is 4.90 Å². The van der Waals surface area contributed by atoms with Gasteiger partial charge >= 0.3 is 0 Å². The largest absolute Gasteiger partial charge is 0.318 e. The van der Waals surface area contributed by atoms with E-state index in [1.807, 2.05) is 24.0 Å². The molecule has 0 aliphatic carbocycles. The molecule has 1 unspecified atom stereocenters. The van der Waals surface area contributed by atoms with Crippen LogP contribution in [0, 0.1) is 0 Å². The van der Waals surface area contributed by atoms with Crippen molar-refractivity contribution in [3.8, 4) is 5.69 Å². The zero-order valence-electron chi connectivity index (χ0n) is 12.4. The zero-order valence-corrected chi connectivity index (χ0v) is 13.2. The fourth-order valence-electron chi connectivity index (χ4n) is 2.98. The van der Waals surface area contributed by atoms with Gasteiger partial charge in [-0.1, -0.05) is 12.1 Å². The van der Waals surface area contributed by atoms with E-state index in [0.717, 1.165) is 18.8 Å².